The largest absolute Gasteiger partial charge is 0.337 e. The van der Waals surface area contributed by atoms with Gasteiger partial charge in [-0.2, -0.15) is 4.98 Å². The summed E-state index contributed by atoms with van der Waals surface area (Å²) in [6.07, 6.45) is 8.96. The van der Waals surface area contributed by atoms with Gasteiger partial charge < -0.3 is 14.7 Å². The molecule has 8 heteroatoms. The molecule has 3 heterocycles. The molecular formula is C18H24N6O2. The summed E-state index contributed by atoms with van der Waals surface area (Å²) in [5, 5.41) is 7.17. The van der Waals surface area contributed by atoms with E-state index < -0.39 is 0 Å². The number of aryl methyl sites for hydroxylation is 1. The number of carbonyl (C=O) groups excluding carboxylic acids is 1. The van der Waals surface area contributed by atoms with E-state index in [1.54, 1.807) is 6.92 Å². The summed E-state index contributed by atoms with van der Waals surface area (Å²) in [5.74, 6) is 2.67. The zero-order valence-electron chi connectivity index (χ0n) is 15.0. The first-order valence-corrected chi connectivity index (χ1v) is 9.31. The Hall–Kier alpha value is -2.35. The van der Waals surface area contributed by atoms with Crippen molar-refractivity contribution in [2.75, 3.05) is 6.54 Å². The minimum atomic E-state index is -0.204. The van der Waals surface area contributed by atoms with Crippen molar-refractivity contribution in [3.63, 3.8) is 0 Å². The molecule has 0 bridgehead atoms. The second-order valence-corrected chi connectivity index (χ2v) is 7.15. The summed E-state index contributed by atoms with van der Waals surface area (Å²) >= 11 is 0. The predicted octanol–water partition coefficient (Wildman–Crippen LogP) is 1.72. The molecule has 1 amide bonds. The Kier molecular flexibility index (Phi) is 4.92. The van der Waals surface area contributed by atoms with Gasteiger partial charge in [0.1, 0.15) is 12.4 Å². The van der Waals surface area contributed by atoms with Gasteiger partial charge in [0.2, 0.25) is 11.8 Å². The second kappa shape index (κ2) is 7.49. The fourth-order valence-electron chi connectivity index (χ4n) is 3.27. The minimum absolute atomic E-state index is 0.0915. The maximum atomic E-state index is 12.9. The van der Waals surface area contributed by atoms with E-state index in [0.717, 1.165) is 37.2 Å². The van der Waals surface area contributed by atoms with Gasteiger partial charge in [0.05, 0.1) is 6.04 Å². The molecule has 2 fully saturated rings. The van der Waals surface area contributed by atoms with Crippen LogP contribution in [0.2, 0.25) is 0 Å². The second-order valence-electron chi connectivity index (χ2n) is 7.15. The zero-order valence-corrected chi connectivity index (χ0v) is 15.0. The van der Waals surface area contributed by atoms with Gasteiger partial charge in [-0.05, 0) is 39.0 Å². The van der Waals surface area contributed by atoms with Gasteiger partial charge in [0.25, 0.3) is 0 Å². The van der Waals surface area contributed by atoms with Gasteiger partial charge in [-0.3, -0.25) is 4.79 Å². The molecule has 1 unspecified atom stereocenters. The molecule has 138 valence electrons. The van der Waals surface area contributed by atoms with Crippen molar-refractivity contribution in [2.24, 2.45) is 0 Å². The highest BCUT2D eigenvalue weighted by atomic mass is 16.5. The maximum absolute atomic E-state index is 12.9. The highest BCUT2D eigenvalue weighted by Gasteiger charge is 2.28. The molecule has 26 heavy (non-hydrogen) atoms. The van der Waals surface area contributed by atoms with E-state index in [1.807, 2.05) is 17.3 Å². The third-order valence-corrected chi connectivity index (χ3v) is 4.90. The van der Waals surface area contributed by atoms with E-state index in [2.05, 4.69) is 25.4 Å². The summed E-state index contributed by atoms with van der Waals surface area (Å²) in [4.78, 5) is 27.8. The van der Waals surface area contributed by atoms with Crippen molar-refractivity contribution in [1.82, 2.24) is 30.3 Å². The van der Waals surface area contributed by atoms with Crippen molar-refractivity contribution >= 4 is 5.91 Å². The molecule has 1 saturated heterocycles. The van der Waals surface area contributed by atoms with Gasteiger partial charge in [-0.1, -0.05) is 5.16 Å². The Morgan fingerprint density at radius 2 is 2.04 bits per heavy atom. The molecule has 2 aromatic rings. The van der Waals surface area contributed by atoms with Gasteiger partial charge >= 0.3 is 0 Å². The molecule has 1 aliphatic heterocycles. The van der Waals surface area contributed by atoms with Crippen LogP contribution in [0.25, 0.3) is 0 Å². The Bertz CT molecular complexity index is 755. The van der Waals surface area contributed by atoms with Gasteiger partial charge in [0.15, 0.2) is 5.82 Å². The standard InChI is InChI=1S/C18H24N6O2/c1-12-22-16(26-23-12)11-24-7-3-2-4-15(18(24)25)19-8-13-9-20-17(21-10-13)14-5-6-14/h9-10,14-15,19H,2-8,11H2,1H3. The summed E-state index contributed by atoms with van der Waals surface area (Å²) in [6.45, 7) is 3.46. The van der Waals surface area contributed by atoms with Crippen molar-refractivity contribution < 1.29 is 9.32 Å². The van der Waals surface area contributed by atoms with Crippen molar-refractivity contribution in [1.29, 1.82) is 0 Å². The van der Waals surface area contributed by atoms with Crippen LogP contribution in [0.5, 0.6) is 0 Å². The lowest BCUT2D eigenvalue weighted by Crippen LogP contribution is -2.44. The molecule has 4 rings (SSSR count). The maximum Gasteiger partial charge on any atom is 0.246 e. The molecule has 0 radical (unpaired) electrons. The van der Waals surface area contributed by atoms with Crippen LogP contribution in [0.15, 0.2) is 16.9 Å². The highest BCUT2D eigenvalue weighted by Crippen LogP contribution is 2.37. The topological polar surface area (TPSA) is 97.0 Å². The Morgan fingerprint density at radius 1 is 1.23 bits per heavy atom. The minimum Gasteiger partial charge on any atom is -0.337 e. The van der Waals surface area contributed by atoms with Crippen molar-refractivity contribution in [2.45, 2.75) is 64.1 Å². The number of hydrogen-bond acceptors (Lipinski definition) is 7. The number of nitrogens with zero attached hydrogens (tertiary/aromatic N) is 5. The normalized spacial score (nSPS) is 21.0. The molecule has 8 nitrogen and oxygen atoms in total. The summed E-state index contributed by atoms with van der Waals surface area (Å²) in [6, 6.07) is -0.204. The van der Waals surface area contributed by atoms with Gasteiger partial charge in [-0.25, -0.2) is 9.97 Å². The smallest absolute Gasteiger partial charge is 0.246 e. The fraction of sp³-hybridized carbons (Fsp3) is 0.611. The van der Waals surface area contributed by atoms with E-state index >= 15 is 0 Å². The van der Waals surface area contributed by atoms with E-state index in [0.29, 0.717) is 30.7 Å². The van der Waals surface area contributed by atoms with Crippen LogP contribution in [0.4, 0.5) is 0 Å². The van der Waals surface area contributed by atoms with Gasteiger partial charge in [0, 0.05) is 37.0 Å². The summed E-state index contributed by atoms with van der Waals surface area (Å²) in [7, 11) is 0. The number of amides is 1. The van der Waals surface area contributed by atoms with Crippen LogP contribution in [-0.4, -0.2) is 43.5 Å². The first kappa shape index (κ1) is 17.1. The van der Waals surface area contributed by atoms with Crippen LogP contribution in [0.3, 0.4) is 0 Å². The van der Waals surface area contributed by atoms with Crippen molar-refractivity contribution in [3.05, 3.63) is 35.5 Å². The van der Waals surface area contributed by atoms with Gasteiger partial charge in [-0.15, -0.1) is 0 Å². The predicted molar refractivity (Wildman–Crippen MR) is 92.9 cm³/mol. The lowest BCUT2D eigenvalue weighted by atomic mass is 10.1. The number of likely N-dealkylation sites (tertiary alicyclic amines) is 1. The molecule has 2 aliphatic rings. The van der Waals surface area contributed by atoms with Crippen molar-refractivity contribution in [3.8, 4) is 0 Å². The molecule has 0 spiro atoms. The van der Waals surface area contributed by atoms with E-state index in [9.17, 15) is 4.79 Å². The number of rotatable bonds is 6. The molecular weight excluding hydrogens is 332 g/mol. The molecule has 1 N–H and O–H groups in total. The molecule has 1 atom stereocenters. The average molecular weight is 356 g/mol. The summed E-state index contributed by atoms with van der Waals surface area (Å²) < 4.78 is 5.16. The number of aromatic nitrogens is 4. The van der Waals surface area contributed by atoms with E-state index in [4.69, 9.17) is 4.52 Å². The third-order valence-electron chi connectivity index (χ3n) is 4.90. The Balaban J connectivity index is 1.35. The van der Waals surface area contributed by atoms with Crippen LogP contribution in [-0.2, 0) is 17.9 Å². The number of hydrogen-bond donors (Lipinski definition) is 1. The van der Waals surface area contributed by atoms with Crippen LogP contribution in [0, 0.1) is 6.92 Å². The Labute approximate surface area is 152 Å². The molecule has 1 saturated carbocycles. The lowest BCUT2D eigenvalue weighted by molar-refractivity contribution is -0.133. The van der Waals surface area contributed by atoms with E-state index in [-0.39, 0.29) is 11.9 Å². The number of carbonyl (C=O) groups is 1. The number of nitrogens with one attached hydrogen (secondary N) is 1. The van der Waals surface area contributed by atoms with E-state index in [1.165, 1.54) is 12.8 Å². The third kappa shape index (κ3) is 4.07. The van der Waals surface area contributed by atoms with Crippen LogP contribution in [0.1, 0.15) is 61.1 Å². The summed E-state index contributed by atoms with van der Waals surface area (Å²) in [5.41, 5.74) is 1.01. The SMILES string of the molecule is Cc1noc(CN2CCCCC(NCc3cnc(C4CC4)nc3)C2=O)n1. The van der Waals surface area contributed by atoms with Crippen LogP contribution < -0.4 is 5.32 Å². The molecule has 1 aliphatic carbocycles. The zero-order chi connectivity index (χ0) is 17.9. The van der Waals surface area contributed by atoms with Crippen LogP contribution >= 0.6 is 0 Å². The Morgan fingerprint density at radius 3 is 2.73 bits per heavy atom. The average Bonchev–Trinajstić information content (AvgIpc) is 3.44. The highest BCUT2D eigenvalue weighted by molar-refractivity contribution is 5.82. The quantitative estimate of drug-likeness (QED) is 0.841. The fourth-order valence-corrected chi connectivity index (χ4v) is 3.27. The first-order valence-electron chi connectivity index (χ1n) is 9.31. The monoisotopic (exact) mass is 356 g/mol. The first-order chi connectivity index (χ1) is 12.7. The lowest BCUT2D eigenvalue weighted by Gasteiger charge is -2.23. The molecule has 2 aromatic heterocycles. The molecule has 0 aromatic carbocycles.